The second-order valence-corrected chi connectivity index (χ2v) is 5.05. The summed E-state index contributed by atoms with van der Waals surface area (Å²) in [5.41, 5.74) is 8.54. The molecule has 0 saturated carbocycles. The maximum absolute atomic E-state index is 6.13. The first-order valence-electron chi connectivity index (χ1n) is 7.35. The molecule has 0 aromatic heterocycles. The number of hydrogen-bond donors (Lipinski definition) is 1. The maximum Gasteiger partial charge on any atom is 0.132 e. The highest BCUT2D eigenvalue weighted by molar-refractivity contribution is 5.40. The number of nitrogens with two attached hydrogens (primary N) is 1. The molecule has 106 valence electrons. The number of aryl methyl sites for hydroxylation is 1. The quantitative estimate of drug-likeness (QED) is 0.814. The molecule has 0 radical (unpaired) electrons. The average Bonchev–Trinajstić information content (AvgIpc) is 2.49. The van der Waals surface area contributed by atoms with Crippen molar-refractivity contribution in [3.63, 3.8) is 0 Å². The molecule has 0 aliphatic rings. The fraction of sp³-hybridized carbons (Fsp3) is 0.333. The predicted molar refractivity (Wildman–Crippen MR) is 84.2 cm³/mol. The topological polar surface area (TPSA) is 35.2 Å². The van der Waals surface area contributed by atoms with Crippen molar-refractivity contribution in [3.8, 4) is 11.5 Å². The summed E-state index contributed by atoms with van der Waals surface area (Å²) in [6.07, 6.45) is 3.17. The van der Waals surface area contributed by atoms with Crippen LogP contribution in [-0.2, 0) is 6.42 Å². The fourth-order valence-corrected chi connectivity index (χ4v) is 2.24. The lowest BCUT2D eigenvalue weighted by atomic mass is 10.0. The SMILES string of the molecule is CCCc1ccc(Oc2ccccc2[C@@H](N)CC)cc1. The zero-order valence-corrected chi connectivity index (χ0v) is 12.3. The van der Waals surface area contributed by atoms with Crippen molar-refractivity contribution in [2.75, 3.05) is 0 Å². The zero-order valence-electron chi connectivity index (χ0n) is 12.3. The maximum atomic E-state index is 6.13. The third kappa shape index (κ3) is 3.61. The molecule has 0 heterocycles. The lowest BCUT2D eigenvalue weighted by Gasteiger charge is -2.15. The molecule has 1 atom stereocenters. The van der Waals surface area contributed by atoms with Crippen LogP contribution in [-0.4, -0.2) is 0 Å². The minimum atomic E-state index is 0.0190. The van der Waals surface area contributed by atoms with Gasteiger partial charge in [-0.3, -0.25) is 0 Å². The standard InChI is InChI=1S/C18H23NO/c1-3-7-14-10-12-15(13-11-14)20-18-9-6-5-8-16(18)17(19)4-2/h5-6,8-13,17H,3-4,7,19H2,1-2H3/t17-/m0/s1. The van der Waals surface area contributed by atoms with Crippen LogP contribution in [0.3, 0.4) is 0 Å². The van der Waals surface area contributed by atoms with Gasteiger partial charge in [-0.1, -0.05) is 50.6 Å². The average molecular weight is 269 g/mol. The Morgan fingerprint density at radius 2 is 1.70 bits per heavy atom. The van der Waals surface area contributed by atoms with Gasteiger partial charge in [-0.05, 0) is 36.6 Å². The predicted octanol–water partition coefficient (Wildman–Crippen LogP) is 4.84. The van der Waals surface area contributed by atoms with Gasteiger partial charge in [-0.15, -0.1) is 0 Å². The van der Waals surface area contributed by atoms with Crippen molar-refractivity contribution in [2.24, 2.45) is 5.73 Å². The van der Waals surface area contributed by atoms with Gasteiger partial charge >= 0.3 is 0 Å². The van der Waals surface area contributed by atoms with Crippen LogP contribution in [0, 0.1) is 0 Å². The van der Waals surface area contributed by atoms with Crippen molar-refractivity contribution in [2.45, 2.75) is 39.2 Å². The van der Waals surface area contributed by atoms with Crippen LogP contribution >= 0.6 is 0 Å². The number of hydrogen-bond acceptors (Lipinski definition) is 2. The Kier molecular flexibility index (Phi) is 5.19. The number of rotatable bonds is 6. The smallest absolute Gasteiger partial charge is 0.132 e. The van der Waals surface area contributed by atoms with E-state index in [1.54, 1.807) is 0 Å². The fourth-order valence-electron chi connectivity index (χ4n) is 2.24. The molecule has 0 fully saturated rings. The second-order valence-electron chi connectivity index (χ2n) is 5.05. The van der Waals surface area contributed by atoms with Crippen LogP contribution < -0.4 is 10.5 Å². The second kappa shape index (κ2) is 7.11. The van der Waals surface area contributed by atoms with E-state index in [9.17, 15) is 0 Å². The van der Waals surface area contributed by atoms with Crippen molar-refractivity contribution < 1.29 is 4.74 Å². The first kappa shape index (κ1) is 14.6. The summed E-state index contributed by atoms with van der Waals surface area (Å²) in [5, 5.41) is 0. The third-order valence-electron chi connectivity index (χ3n) is 3.45. The van der Waals surface area contributed by atoms with E-state index in [0.29, 0.717) is 0 Å². The first-order chi connectivity index (χ1) is 9.74. The molecule has 0 saturated heterocycles. The van der Waals surface area contributed by atoms with Crippen LogP contribution in [0.25, 0.3) is 0 Å². The summed E-state index contributed by atoms with van der Waals surface area (Å²) in [5.74, 6) is 1.71. The molecule has 2 rings (SSSR count). The molecular formula is C18H23NO. The first-order valence-corrected chi connectivity index (χ1v) is 7.35. The van der Waals surface area contributed by atoms with Gasteiger partial charge in [-0.25, -0.2) is 0 Å². The van der Waals surface area contributed by atoms with Crippen molar-refractivity contribution in [3.05, 3.63) is 59.7 Å². The van der Waals surface area contributed by atoms with Gasteiger partial charge in [-0.2, -0.15) is 0 Å². The van der Waals surface area contributed by atoms with Gasteiger partial charge in [0.25, 0.3) is 0 Å². The van der Waals surface area contributed by atoms with Gasteiger partial charge < -0.3 is 10.5 Å². The van der Waals surface area contributed by atoms with Crippen molar-refractivity contribution in [1.29, 1.82) is 0 Å². The van der Waals surface area contributed by atoms with E-state index in [2.05, 4.69) is 26.0 Å². The van der Waals surface area contributed by atoms with Crippen LogP contribution in [0.4, 0.5) is 0 Å². The lowest BCUT2D eigenvalue weighted by Crippen LogP contribution is -2.09. The Morgan fingerprint density at radius 3 is 2.35 bits per heavy atom. The Morgan fingerprint density at radius 1 is 1.00 bits per heavy atom. The molecule has 2 aromatic rings. The van der Waals surface area contributed by atoms with Gasteiger partial charge in [0.2, 0.25) is 0 Å². The minimum absolute atomic E-state index is 0.0190. The number of benzene rings is 2. The molecule has 0 unspecified atom stereocenters. The summed E-state index contributed by atoms with van der Waals surface area (Å²) in [7, 11) is 0. The zero-order chi connectivity index (χ0) is 14.4. The third-order valence-corrected chi connectivity index (χ3v) is 3.45. The normalized spacial score (nSPS) is 12.2. The molecule has 0 amide bonds. The van der Waals surface area contributed by atoms with Gasteiger partial charge in [0.05, 0.1) is 0 Å². The molecule has 2 aromatic carbocycles. The van der Waals surface area contributed by atoms with E-state index in [1.165, 1.54) is 5.56 Å². The molecule has 2 nitrogen and oxygen atoms in total. The monoisotopic (exact) mass is 269 g/mol. The van der Waals surface area contributed by atoms with E-state index in [-0.39, 0.29) is 6.04 Å². The number of para-hydroxylation sites is 1. The van der Waals surface area contributed by atoms with E-state index in [1.807, 2.05) is 36.4 Å². The molecule has 0 aliphatic carbocycles. The van der Waals surface area contributed by atoms with Crippen molar-refractivity contribution >= 4 is 0 Å². The molecule has 2 heteroatoms. The number of ether oxygens (including phenoxy) is 1. The highest BCUT2D eigenvalue weighted by atomic mass is 16.5. The molecule has 0 aliphatic heterocycles. The summed E-state index contributed by atoms with van der Waals surface area (Å²) in [4.78, 5) is 0. The molecule has 0 bridgehead atoms. The Balaban J connectivity index is 2.17. The Bertz CT molecular complexity index is 533. The molecule has 20 heavy (non-hydrogen) atoms. The van der Waals surface area contributed by atoms with Crippen LogP contribution in [0.1, 0.15) is 43.9 Å². The van der Waals surface area contributed by atoms with Crippen LogP contribution in [0.15, 0.2) is 48.5 Å². The molecule has 2 N–H and O–H groups in total. The van der Waals surface area contributed by atoms with E-state index >= 15 is 0 Å². The summed E-state index contributed by atoms with van der Waals surface area (Å²) in [6.45, 7) is 4.27. The minimum Gasteiger partial charge on any atom is -0.457 e. The largest absolute Gasteiger partial charge is 0.457 e. The van der Waals surface area contributed by atoms with Crippen molar-refractivity contribution in [1.82, 2.24) is 0 Å². The summed E-state index contributed by atoms with van der Waals surface area (Å²) < 4.78 is 5.99. The summed E-state index contributed by atoms with van der Waals surface area (Å²) in [6, 6.07) is 16.3. The highest BCUT2D eigenvalue weighted by Crippen LogP contribution is 2.30. The van der Waals surface area contributed by atoms with E-state index in [4.69, 9.17) is 10.5 Å². The lowest BCUT2D eigenvalue weighted by molar-refractivity contribution is 0.468. The van der Waals surface area contributed by atoms with Crippen LogP contribution in [0.5, 0.6) is 11.5 Å². The van der Waals surface area contributed by atoms with Crippen LogP contribution in [0.2, 0.25) is 0 Å². The molecule has 0 spiro atoms. The van der Waals surface area contributed by atoms with E-state index < -0.39 is 0 Å². The summed E-state index contributed by atoms with van der Waals surface area (Å²) >= 11 is 0. The van der Waals surface area contributed by atoms with Gasteiger partial charge in [0.1, 0.15) is 11.5 Å². The highest BCUT2D eigenvalue weighted by Gasteiger charge is 2.10. The Labute approximate surface area is 121 Å². The van der Waals surface area contributed by atoms with Gasteiger partial charge in [0.15, 0.2) is 0 Å². The molecular weight excluding hydrogens is 246 g/mol. The Hall–Kier alpha value is -1.80. The van der Waals surface area contributed by atoms with Gasteiger partial charge in [0, 0.05) is 11.6 Å². The van der Waals surface area contributed by atoms with E-state index in [0.717, 1.165) is 36.3 Å².